The lowest BCUT2D eigenvalue weighted by molar-refractivity contribution is 0.628. The van der Waals surface area contributed by atoms with Crippen molar-refractivity contribution in [2.45, 2.75) is 39.0 Å². The Morgan fingerprint density at radius 3 is 2.78 bits per heavy atom. The zero-order chi connectivity index (χ0) is 12.7. The molecule has 0 atom stereocenters. The van der Waals surface area contributed by atoms with E-state index in [0.717, 1.165) is 48.9 Å². The summed E-state index contributed by atoms with van der Waals surface area (Å²) in [5.41, 5.74) is 3.37. The van der Waals surface area contributed by atoms with Crippen LogP contribution in [-0.2, 0) is 12.8 Å². The van der Waals surface area contributed by atoms with E-state index in [-0.39, 0.29) is 11.2 Å². The first kappa shape index (κ1) is 11.5. The molecule has 1 aliphatic rings. The number of H-pyrrole nitrogens is 1. The number of rotatable bonds is 0. The SMILES string of the molecule is Cc1cc(F)cc2[nH]c3c(c(=O)c12)CCCCC3. The predicted octanol–water partition coefficient (Wildman–Crippen LogP) is 3.24. The summed E-state index contributed by atoms with van der Waals surface area (Å²) < 4.78 is 13.4. The molecule has 0 aliphatic heterocycles. The smallest absolute Gasteiger partial charge is 0.193 e. The molecule has 3 heteroatoms. The van der Waals surface area contributed by atoms with Crippen LogP contribution in [0.4, 0.5) is 4.39 Å². The van der Waals surface area contributed by atoms with Gasteiger partial charge < -0.3 is 4.98 Å². The molecule has 94 valence electrons. The number of hydrogen-bond acceptors (Lipinski definition) is 1. The van der Waals surface area contributed by atoms with Gasteiger partial charge in [-0.1, -0.05) is 6.42 Å². The Bertz CT molecular complexity index is 672. The van der Waals surface area contributed by atoms with E-state index in [1.165, 1.54) is 12.1 Å². The molecule has 18 heavy (non-hydrogen) atoms. The molecule has 1 N–H and O–H groups in total. The zero-order valence-corrected chi connectivity index (χ0v) is 10.5. The third-order valence-corrected chi connectivity index (χ3v) is 3.80. The Balaban J connectivity index is 2.38. The molecule has 0 bridgehead atoms. The first-order valence-electron chi connectivity index (χ1n) is 6.50. The monoisotopic (exact) mass is 245 g/mol. The van der Waals surface area contributed by atoms with Gasteiger partial charge in [-0.25, -0.2) is 4.39 Å². The average Bonchev–Trinajstić information content (AvgIpc) is 2.53. The van der Waals surface area contributed by atoms with Crippen LogP contribution in [0.2, 0.25) is 0 Å². The third-order valence-electron chi connectivity index (χ3n) is 3.80. The molecule has 1 aromatic heterocycles. The van der Waals surface area contributed by atoms with Crippen molar-refractivity contribution in [2.24, 2.45) is 0 Å². The highest BCUT2D eigenvalue weighted by atomic mass is 19.1. The largest absolute Gasteiger partial charge is 0.358 e. The molecule has 0 saturated carbocycles. The van der Waals surface area contributed by atoms with Crippen LogP contribution in [0.3, 0.4) is 0 Å². The van der Waals surface area contributed by atoms with Crippen molar-refractivity contribution >= 4 is 10.9 Å². The summed E-state index contributed by atoms with van der Waals surface area (Å²) in [6.45, 7) is 1.80. The summed E-state index contributed by atoms with van der Waals surface area (Å²) in [6, 6.07) is 2.86. The second-order valence-electron chi connectivity index (χ2n) is 5.12. The van der Waals surface area contributed by atoms with Crippen LogP contribution in [0.15, 0.2) is 16.9 Å². The standard InChI is InChI=1S/C15H16FNO/c1-9-7-10(16)8-13-14(9)15(18)11-5-3-2-4-6-12(11)17-13/h7-8H,2-6H2,1H3,(H,17,18). The molecule has 3 rings (SSSR count). The summed E-state index contributed by atoms with van der Waals surface area (Å²) in [6.07, 6.45) is 5.07. The van der Waals surface area contributed by atoms with Crippen LogP contribution >= 0.6 is 0 Å². The van der Waals surface area contributed by atoms with E-state index >= 15 is 0 Å². The lowest BCUT2D eigenvalue weighted by Crippen LogP contribution is -2.15. The lowest BCUT2D eigenvalue weighted by Gasteiger charge is -2.10. The van der Waals surface area contributed by atoms with Crippen LogP contribution in [0.25, 0.3) is 10.9 Å². The number of pyridine rings is 1. The van der Waals surface area contributed by atoms with E-state index < -0.39 is 0 Å². The summed E-state index contributed by atoms with van der Waals surface area (Å²) in [5.74, 6) is -0.288. The number of benzene rings is 1. The Morgan fingerprint density at radius 2 is 1.94 bits per heavy atom. The van der Waals surface area contributed by atoms with Crippen molar-refractivity contribution in [2.75, 3.05) is 0 Å². The number of fused-ring (bicyclic) bond motifs is 2. The van der Waals surface area contributed by atoms with Crippen molar-refractivity contribution in [3.8, 4) is 0 Å². The third kappa shape index (κ3) is 1.74. The second-order valence-corrected chi connectivity index (χ2v) is 5.12. The van der Waals surface area contributed by atoms with Crippen molar-refractivity contribution in [1.29, 1.82) is 0 Å². The molecule has 0 radical (unpaired) electrons. The number of aromatic amines is 1. The van der Waals surface area contributed by atoms with E-state index in [2.05, 4.69) is 4.98 Å². The van der Waals surface area contributed by atoms with Gasteiger partial charge in [-0.05, 0) is 50.3 Å². The van der Waals surface area contributed by atoms with Gasteiger partial charge in [0.1, 0.15) is 5.82 Å². The first-order chi connectivity index (χ1) is 8.66. The fraction of sp³-hybridized carbons (Fsp3) is 0.400. The Kier molecular flexibility index (Phi) is 2.69. The minimum absolute atomic E-state index is 0.0955. The summed E-state index contributed by atoms with van der Waals surface area (Å²) in [4.78, 5) is 15.8. The number of aromatic nitrogens is 1. The molecular weight excluding hydrogens is 229 g/mol. The molecule has 2 aromatic rings. The molecule has 1 heterocycles. The van der Waals surface area contributed by atoms with Crippen molar-refractivity contribution in [1.82, 2.24) is 4.98 Å². The fourth-order valence-corrected chi connectivity index (χ4v) is 2.93. The Hall–Kier alpha value is -1.64. The maximum Gasteiger partial charge on any atom is 0.193 e. The lowest BCUT2D eigenvalue weighted by atomic mass is 10.0. The molecule has 0 amide bonds. The van der Waals surface area contributed by atoms with E-state index in [1.807, 2.05) is 0 Å². The van der Waals surface area contributed by atoms with Crippen LogP contribution in [0.5, 0.6) is 0 Å². The normalized spacial score (nSPS) is 15.4. The highest BCUT2D eigenvalue weighted by Gasteiger charge is 2.16. The second kappa shape index (κ2) is 4.23. The van der Waals surface area contributed by atoms with Gasteiger partial charge in [0.05, 0.1) is 5.52 Å². The number of halogens is 1. The molecule has 0 saturated heterocycles. The number of nitrogens with one attached hydrogen (secondary N) is 1. The maximum atomic E-state index is 13.4. The average molecular weight is 245 g/mol. The molecule has 2 nitrogen and oxygen atoms in total. The Labute approximate surface area is 105 Å². The van der Waals surface area contributed by atoms with Crippen LogP contribution in [0, 0.1) is 12.7 Å². The van der Waals surface area contributed by atoms with Gasteiger partial charge in [-0.2, -0.15) is 0 Å². The predicted molar refractivity (Wildman–Crippen MR) is 70.5 cm³/mol. The maximum absolute atomic E-state index is 13.4. The summed E-state index contributed by atoms with van der Waals surface area (Å²) in [5, 5.41) is 0.650. The van der Waals surface area contributed by atoms with Gasteiger partial charge in [-0.3, -0.25) is 4.79 Å². The minimum atomic E-state index is -0.288. The molecule has 0 unspecified atom stereocenters. The topological polar surface area (TPSA) is 32.9 Å². The minimum Gasteiger partial charge on any atom is -0.358 e. The summed E-state index contributed by atoms with van der Waals surface area (Å²) >= 11 is 0. The summed E-state index contributed by atoms with van der Waals surface area (Å²) in [7, 11) is 0. The van der Waals surface area contributed by atoms with E-state index in [0.29, 0.717) is 10.9 Å². The number of aryl methyl sites for hydroxylation is 2. The molecule has 1 aromatic carbocycles. The van der Waals surface area contributed by atoms with Gasteiger partial charge in [-0.15, -0.1) is 0 Å². The van der Waals surface area contributed by atoms with Gasteiger partial charge in [0, 0.05) is 16.6 Å². The highest BCUT2D eigenvalue weighted by molar-refractivity contribution is 5.83. The van der Waals surface area contributed by atoms with Crippen LogP contribution in [0.1, 0.15) is 36.1 Å². The number of hydrogen-bond donors (Lipinski definition) is 1. The molecule has 0 spiro atoms. The first-order valence-corrected chi connectivity index (χ1v) is 6.50. The van der Waals surface area contributed by atoms with Crippen molar-refractivity contribution < 1.29 is 4.39 Å². The van der Waals surface area contributed by atoms with E-state index in [1.54, 1.807) is 6.92 Å². The molecule has 0 fully saturated rings. The van der Waals surface area contributed by atoms with Crippen LogP contribution < -0.4 is 5.43 Å². The van der Waals surface area contributed by atoms with Gasteiger partial charge in [0.25, 0.3) is 0 Å². The quantitative estimate of drug-likeness (QED) is 0.710. The zero-order valence-electron chi connectivity index (χ0n) is 10.5. The van der Waals surface area contributed by atoms with Crippen LogP contribution in [-0.4, -0.2) is 4.98 Å². The van der Waals surface area contributed by atoms with Gasteiger partial charge in [0.2, 0.25) is 0 Å². The van der Waals surface area contributed by atoms with Gasteiger partial charge in [0.15, 0.2) is 5.43 Å². The molecule has 1 aliphatic carbocycles. The van der Waals surface area contributed by atoms with Gasteiger partial charge >= 0.3 is 0 Å². The van der Waals surface area contributed by atoms with Crippen molar-refractivity contribution in [3.63, 3.8) is 0 Å². The fourth-order valence-electron chi connectivity index (χ4n) is 2.93. The van der Waals surface area contributed by atoms with E-state index in [9.17, 15) is 9.18 Å². The molecular formula is C15H16FNO. The van der Waals surface area contributed by atoms with E-state index in [4.69, 9.17) is 0 Å². The van der Waals surface area contributed by atoms with Crippen molar-refractivity contribution in [3.05, 3.63) is 45.0 Å². The highest BCUT2D eigenvalue weighted by Crippen LogP contribution is 2.22. The Morgan fingerprint density at radius 1 is 1.17 bits per heavy atom.